The predicted molar refractivity (Wildman–Crippen MR) is 123 cm³/mol. The molecule has 0 spiro atoms. The molecule has 0 atom stereocenters. The summed E-state index contributed by atoms with van der Waals surface area (Å²) >= 11 is 0. The molecule has 0 fully saturated rings. The van der Waals surface area contributed by atoms with Gasteiger partial charge in [0.05, 0.1) is 0 Å². The molecule has 0 heterocycles. The number of rotatable bonds is 13. The van der Waals surface area contributed by atoms with Gasteiger partial charge in [-0.3, -0.25) is 9.69 Å². The number of nitrogens with zero attached hydrogens (tertiary/aromatic N) is 1. The summed E-state index contributed by atoms with van der Waals surface area (Å²) in [6.07, 6.45) is 12.9. The minimum atomic E-state index is -1.26. The zero-order valence-electron chi connectivity index (χ0n) is 19.0. The number of carboxylic acids is 2. The van der Waals surface area contributed by atoms with Crippen LogP contribution in [0.1, 0.15) is 53.4 Å². The van der Waals surface area contributed by atoms with Crippen molar-refractivity contribution in [2.75, 3.05) is 20.1 Å². The maximum Gasteiger partial charge on any atom is 0.328 e. The number of carbonyl (C=O) groups excluding carboxylic acids is 1. The van der Waals surface area contributed by atoms with Crippen LogP contribution in [0.4, 0.5) is 0 Å². The standard InChI is InChI=1S/C20H33NO.C4H4O4/c1-7-15-21(6)16-14-18(4)11-9-12-19(5)20(22)13-8-10-17(2)3;5-3(6)1-2-4(7)8/h7,10,12,14H,1,8-9,11,13,15-16H2,2-6H3;1-2H,(H,5,6)(H,7,8)/b18-14+,19-12+;2-1+. The minimum Gasteiger partial charge on any atom is -0.478 e. The fourth-order valence-electron chi connectivity index (χ4n) is 2.17. The Morgan fingerprint density at radius 1 is 0.833 bits per heavy atom. The highest BCUT2D eigenvalue weighted by Gasteiger charge is 2.03. The normalized spacial score (nSPS) is 11.7. The molecule has 0 aromatic rings. The first-order valence-corrected chi connectivity index (χ1v) is 9.91. The van der Waals surface area contributed by atoms with E-state index in [1.54, 1.807) is 0 Å². The molecule has 0 radical (unpaired) electrons. The molecule has 30 heavy (non-hydrogen) atoms. The molecule has 0 aliphatic carbocycles. The Kier molecular flexibility index (Phi) is 18.0. The summed E-state index contributed by atoms with van der Waals surface area (Å²) in [5.41, 5.74) is 3.55. The van der Waals surface area contributed by atoms with Crippen molar-refractivity contribution in [3.8, 4) is 0 Å². The molecule has 6 nitrogen and oxygen atoms in total. The van der Waals surface area contributed by atoms with Gasteiger partial charge >= 0.3 is 11.9 Å². The topological polar surface area (TPSA) is 94.9 Å². The SMILES string of the molecule is C=CCN(C)C/C=C(\C)CC/C=C(\C)C(=O)CCC=C(C)C.O=C(O)/C=C/C(=O)O. The highest BCUT2D eigenvalue weighted by Crippen LogP contribution is 2.10. The van der Waals surface area contributed by atoms with Crippen molar-refractivity contribution in [3.05, 3.63) is 59.8 Å². The molecule has 0 saturated heterocycles. The number of carboxylic acid groups (broad SMARTS) is 2. The molecule has 0 saturated carbocycles. The number of hydrogen-bond acceptors (Lipinski definition) is 4. The summed E-state index contributed by atoms with van der Waals surface area (Å²) < 4.78 is 0. The zero-order chi connectivity index (χ0) is 23.5. The Bertz CT molecular complexity index is 664. The number of ketones is 1. The Morgan fingerprint density at radius 2 is 1.37 bits per heavy atom. The number of allylic oxidation sites excluding steroid dienone is 5. The maximum absolute atomic E-state index is 12.0. The van der Waals surface area contributed by atoms with Gasteiger partial charge in [-0.1, -0.05) is 35.5 Å². The van der Waals surface area contributed by atoms with Gasteiger partial charge in [0.1, 0.15) is 0 Å². The minimum absolute atomic E-state index is 0.268. The molecule has 0 rings (SSSR count). The van der Waals surface area contributed by atoms with Crippen LogP contribution in [0, 0.1) is 0 Å². The zero-order valence-corrected chi connectivity index (χ0v) is 19.0. The second-order valence-electron chi connectivity index (χ2n) is 7.24. The molecular formula is C24H37NO5. The van der Waals surface area contributed by atoms with E-state index in [1.807, 2.05) is 13.0 Å². The lowest BCUT2D eigenvalue weighted by molar-refractivity contribution is -0.134. The van der Waals surface area contributed by atoms with Gasteiger partial charge in [-0.05, 0) is 59.6 Å². The van der Waals surface area contributed by atoms with E-state index in [9.17, 15) is 14.4 Å². The van der Waals surface area contributed by atoms with E-state index in [-0.39, 0.29) is 5.78 Å². The van der Waals surface area contributed by atoms with Gasteiger partial charge in [-0.2, -0.15) is 0 Å². The number of hydrogen-bond donors (Lipinski definition) is 2. The third-order valence-electron chi connectivity index (χ3n) is 3.91. The van der Waals surface area contributed by atoms with Crippen LogP contribution in [0.2, 0.25) is 0 Å². The fraction of sp³-hybridized carbons (Fsp3) is 0.458. The third kappa shape index (κ3) is 21.6. The van der Waals surface area contributed by atoms with Crippen molar-refractivity contribution >= 4 is 17.7 Å². The van der Waals surface area contributed by atoms with E-state index < -0.39 is 11.9 Å². The van der Waals surface area contributed by atoms with Crippen LogP contribution >= 0.6 is 0 Å². The van der Waals surface area contributed by atoms with Crippen molar-refractivity contribution < 1.29 is 24.6 Å². The van der Waals surface area contributed by atoms with Gasteiger partial charge in [0.15, 0.2) is 5.78 Å². The lowest BCUT2D eigenvalue weighted by atomic mass is 10.0. The summed E-state index contributed by atoms with van der Waals surface area (Å²) in [6, 6.07) is 0. The largest absolute Gasteiger partial charge is 0.478 e. The fourth-order valence-corrected chi connectivity index (χ4v) is 2.17. The van der Waals surface area contributed by atoms with E-state index in [1.165, 1.54) is 11.1 Å². The van der Waals surface area contributed by atoms with Crippen molar-refractivity contribution in [2.45, 2.75) is 53.4 Å². The van der Waals surface area contributed by atoms with Crippen LogP contribution in [-0.4, -0.2) is 53.0 Å². The summed E-state index contributed by atoms with van der Waals surface area (Å²) in [6.45, 7) is 13.8. The average Bonchev–Trinajstić information content (AvgIpc) is 2.65. The molecule has 2 N–H and O–H groups in total. The highest BCUT2D eigenvalue weighted by atomic mass is 16.4. The van der Waals surface area contributed by atoms with Crippen LogP contribution in [0.15, 0.2) is 59.8 Å². The van der Waals surface area contributed by atoms with E-state index >= 15 is 0 Å². The Labute approximate surface area is 181 Å². The molecule has 0 aliphatic heterocycles. The molecule has 0 amide bonds. The average molecular weight is 420 g/mol. The van der Waals surface area contributed by atoms with Crippen LogP contribution < -0.4 is 0 Å². The van der Waals surface area contributed by atoms with E-state index in [0.717, 1.165) is 37.9 Å². The van der Waals surface area contributed by atoms with Gasteiger partial charge in [-0.15, -0.1) is 6.58 Å². The smallest absolute Gasteiger partial charge is 0.328 e. The van der Waals surface area contributed by atoms with Gasteiger partial charge in [0, 0.05) is 31.7 Å². The van der Waals surface area contributed by atoms with E-state index in [4.69, 9.17) is 10.2 Å². The van der Waals surface area contributed by atoms with Gasteiger partial charge in [-0.25, -0.2) is 9.59 Å². The second kappa shape index (κ2) is 18.3. The van der Waals surface area contributed by atoms with Crippen molar-refractivity contribution in [1.29, 1.82) is 0 Å². The van der Waals surface area contributed by atoms with Gasteiger partial charge < -0.3 is 10.2 Å². The number of likely N-dealkylation sites (N-methyl/N-ethyl adjacent to an activating group) is 1. The first kappa shape index (κ1) is 29.5. The van der Waals surface area contributed by atoms with Gasteiger partial charge in [0.25, 0.3) is 0 Å². The van der Waals surface area contributed by atoms with E-state index in [2.05, 4.69) is 57.5 Å². The van der Waals surface area contributed by atoms with Crippen molar-refractivity contribution in [3.63, 3.8) is 0 Å². The first-order valence-electron chi connectivity index (χ1n) is 9.91. The number of carbonyl (C=O) groups is 3. The van der Waals surface area contributed by atoms with Crippen LogP contribution in [0.5, 0.6) is 0 Å². The number of Topliss-reactive ketones (excluding diaryl/α,β-unsaturated/α-hetero) is 1. The summed E-state index contributed by atoms with van der Waals surface area (Å²) in [5.74, 6) is -2.25. The maximum atomic E-state index is 12.0. The molecular weight excluding hydrogens is 382 g/mol. The van der Waals surface area contributed by atoms with Crippen LogP contribution in [0.25, 0.3) is 0 Å². The second-order valence-corrected chi connectivity index (χ2v) is 7.24. The molecule has 6 heteroatoms. The van der Waals surface area contributed by atoms with Crippen LogP contribution in [0.3, 0.4) is 0 Å². The van der Waals surface area contributed by atoms with Crippen LogP contribution in [-0.2, 0) is 14.4 Å². The lowest BCUT2D eigenvalue weighted by Gasteiger charge is -2.11. The molecule has 0 aromatic carbocycles. The van der Waals surface area contributed by atoms with E-state index in [0.29, 0.717) is 18.6 Å². The quantitative estimate of drug-likeness (QED) is 0.329. The molecule has 0 aliphatic rings. The number of aliphatic carboxylic acids is 2. The summed E-state index contributed by atoms with van der Waals surface area (Å²) in [5, 5.41) is 15.6. The highest BCUT2D eigenvalue weighted by molar-refractivity contribution is 5.94. The predicted octanol–water partition coefficient (Wildman–Crippen LogP) is 4.80. The molecule has 168 valence electrons. The first-order chi connectivity index (χ1) is 14.0. The van der Waals surface area contributed by atoms with Gasteiger partial charge in [0.2, 0.25) is 0 Å². The summed E-state index contributed by atoms with van der Waals surface area (Å²) in [7, 11) is 2.08. The Morgan fingerprint density at radius 3 is 1.83 bits per heavy atom. The summed E-state index contributed by atoms with van der Waals surface area (Å²) in [4.78, 5) is 33.3. The molecule has 0 bridgehead atoms. The molecule has 0 unspecified atom stereocenters. The third-order valence-corrected chi connectivity index (χ3v) is 3.91. The monoisotopic (exact) mass is 419 g/mol. The van der Waals surface area contributed by atoms with Crippen molar-refractivity contribution in [1.82, 2.24) is 4.90 Å². The lowest BCUT2D eigenvalue weighted by Crippen LogP contribution is -2.18. The molecule has 0 aromatic heterocycles. The van der Waals surface area contributed by atoms with Crippen molar-refractivity contribution in [2.24, 2.45) is 0 Å². The Hall–Kier alpha value is -2.73. The Balaban J connectivity index is 0.